The Balaban J connectivity index is 2.52. The zero-order valence-corrected chi connectivity index (χ0v) is 8.71. The van der Waals surface area contributed by atoms with Gasteiger partial charge in [0.25, 0.3) is 5.56 Å². The highest BCUT2D eigenvalue weighted by Crippen LogP contribution is 2.36. The van der Waals surface area contributed by atoms with E-state index in [-0.39, 0.29) is 12.5 Å². The number of rotatable bonds is 1. The Kier molecular flexibility index (Phi) is 2.44. The fourth-order valence-electron chi connectivity index (χ4n) is 1.68. The minimum Gasteiger partial charge on any atom is -0.309 e. The van der Waals surface area contributed by atoms with Gasteiger partial charge in [0.15, 0.2) is 0 Å². The molecule has 92 valence electrons. The van der Waals surface area contributed by atoms with E-state index in [9.17, 15) is 22.8 Å². The maximum atomic E-state index is 12.7. The van der Waals surface area contributed by atoms with Gasteiger partial charge in [-0.1, -0.05) is 6.92 Å². The number of anilines is 1. The molecular formula is C9H8F3N3O2. The molecule has 0 radical (unpaired) electrons. The van der Waals surface area contributed by atoms with E-state index in [1.165, 1.54) is 0 Å². The summed E-state index contributed by atoms with van der Waals surface area (Å²) in [5.74, 6) is -0.765. The lowest BCUT2D eigenvalue weighted by Gasteiger charge is -2.37. The molecule has 17 heavy (non-hydrogen) atoms. The molecule has 1 atom stereocenters. The molecular weight excluding hydrogens is 239 g/mol. The molecule has 0 aromatic carbocycles. The number of alkyl halides is 3. The van der Waals surface area contributed by atoms with Crippen LogP contribution in [0.1, 0.15) is 12.5 Å². The van der Waals surface area contributed by atoms with Crippen molar-refractivity contribution < 1.29 is 18.0 Å². The third-order valence-electron chi connectivity index (χ3n) is 2.55. The van der Waals surface area contributed by atoms with Crippen LogP contribution in [0.2, 0.25) is 0 Å². The van der Waals surface area contributed by atoms with E-state index < -0.39 is 28.9 Å². The largest absolute Gasteiger partial charge is 0.423 e. The van der Waals surface area contributed by atoms with Crippen molar-refractivity contribution in [3.8, 4) is 0 Å². The standard InChI is InChI=1S/C9H8F3N3O2/c1-4-3-15(8(4)17)5-2-13-14-7(16)6(5)9(10,11)12/h2,4H,3H2,1H3,(H,14,16)/t4-/m1/s1. The highest BCUT2D eigenvalue weighted by Gasteiger charge is 2.43. The quantitative estimate of drug-likeness (QED) is 0.745. The van der Waals surface area contributed by atoms with Crippen molar-refractivity contribution >= 4 is 11.6 Å². The van der Waals surface area contributed by atoms with Gasteiger partial charge in [-0.2, -0.15) is 18.3 Å². The third kappa shape index (κ3) is 1.79. The van der Waals surface area contributed by atoms with Gasteiger partial charge in [0.2, 0.25) is 5.91 Å². The summed E-state index contributed by atoms with van der Waals surface area (Å²) < 4.78 is 38.0. The second-order valence-corrected chi connectivity index (χ2v) is 3.81. The molecule has 1 aliphatic rings. The van der Waals surface area contributed by atoms with Crippen molar-refractivity contribution in [2.75, 3.05) is 11.4 Å². The molecule has 0 aliphatic carbocycles. The monoisotopic (exact) mass is 247 g/mol. The van der Waals surface area contributed by atoms with Crippen LogP contribution in [0.15, 0.2) is 11.0 Å². The van der Waals surface area contributed by atoms with E-state index in [0.717, 1.165) is 11.1 Å². The fraction of sp³-hybridized carbons (Fsp3) is 0.444. The van der Waals surface area contributed by atoms with Crippen LogP contribution >= 0.6 is 0 Å². The van der Waals surface area contributed by atoms with Crippen molar-refractivity contribution in [3.05, 3.63) is 22.1 Å². The minimum absolute atomic E-state index is 0.160. The Morgan fingerprint density at radius 2 is 2.12 bits per heavy atom. The number of nitrogens with zero attached hydrogens (tertiary/aromatic N) is 2. The van der Waals surface area contributed by atoms with Gasteiger partial charge in [-0.15, -0.1) is 0 Å². The van der Waals surface area contributed by atoms with Crippen LogP contribution in [-0.2, 0) is 11.0 Å². The van der Waals surface area contributed by atoms with Gasteiger partial charge in [-0.25, -0.2) is 5.10 Å². The molecule has 1 aliphatic heterocycles. The molecule has 0 spiro atoms. The first-order valence-corrected chi connectivity index (χ1v) is 4.78. The average molecular weight is 247 g/mol. The fourth-order valence-corrected chi connectivity index (χ4v) is 1.68. The summed E-state index contributed by atoms with van der Waals surface area (Å²) in [5.41, 5.74) is -3.21. The molecule has 1 aromatic heterocycles. The summed E-state index contributed by atoms with van der Waals surface area (Å²) in [4.78, 5) is 23.4. The number of halogens is 3. The number of carbonyl (C=O) groups excluding carboxylic acids is 1. The van der Waals surface area contributed by atoms with Crippen molar-refractivity contribution in [1.82, 2.24) is 10.2 Å². The molecule has 8 heteroatoms. The van der Waals surface area contributed by atoms with Crippen LogP contribution in [0.3, 0.4) is 0 Å². The maximum absolute atomic E-state index is 12.7. The molecule has 1 amide bonds. The van der Waals surface area contributed by atoms with Crippen molar-refractivity contribution in [1.29, 1.82) is 0 Å². The van der Waals surface area contributed by atoms with Gasteiger partial charge in [-0.3, -0.25) is 9.59 Å². The minimum atomic E-state index is -4.81. The second-order valence-electron chi connectivity index (χ2n) is 3.81. The third-order valence-corrected chi connectivity index (χ3v) is 2.55. The second kappa shape index (κ2) is 3.57. The number of aromatic nitrogens is 2. The molecule has 1 aromatic rings. The number of H-pyrrole nitrogens is 1. The number of hydrogen-bond acceptors (Lipinski definition) is 3. The number of amides is 1. The SMILES string of the molecule is C[C@@H]1CN(c2cn[nH]c(=O)c2C(F)(F)F)C1=O. The molecule has 5 nitrogen and oxygen atoms in total. The van der Waals surface area contributed by atoms with E-state index in [0.29, 0.717) is 0 Å². The van der Waals surface area contributed by atoms with Gasteiger partial charge >= 0.3 is 6.18 Å². The summed E-state index contributed by atoms with van der Waals surface area (Å²) in [6.07, 6.45) is -3.97. The van der Waals surface area contributed by atoms with Crippen molar-refractivity contribution in [3.63, 3.8) is 0 Å². The van der Waals surface area contributed by atoms with E-state index >= 15 is 0 Å². The van der Waals surface area contributed by atoms with E-state index in [1.54, 1.807) is 12.0 Å². The summed E-state index contributed by atoms with van der Waals surface area (Å²) in [5, 5.41) is 5.00. The normalized spacial score (nSPS) is 20.4. The lowest BCUT2D eigenvalue weighted by molar-refractivity contribution is -0.138. The number of hydrogen-bond donors (Lipinski definition) is 1. The smallest absolute Gasteiger partial charge is 0.309 e. The molecule has 0 saturated carbocycles. The van der Waals surface area contributed by atoms with Crippen LogP contribution in [-0.4, -0.2) is 22.6 Å². The number of carbonyl (C=O) groups is 1. The molecule has 0 bridgehead atoms. The van der Waals surface area contributed by atoms with Crippen molar-refractivity contribution in [2.45, 2.75) is 13.1 Å². The lowest BCUT2D eigenvalue weighted by atomic mass is 9.99. The average Bonchev–Trinajstić information content (AvgIpc) is 2.23. The predicted molar refractivity (Wildman–Crippen MR) is 51.4 cm³/mol. The summed E-state index contributed by atoms with van der Waals surface area (Å²) in [6, 6.07) is 0. The summed E-state index contributed by atoms with van der Waals surface area (Å²) in [7, 11) is 0. The van der Waals surface area contributed by atoms with Gasteiger partial charge in [0.1, 0.15) is 5.56 Å². The Bertz CT molecular complexity index is 523. The maximum Gasteiger partial charge on any atom is 0.423 e. The highest BCUT2D eigenvalue weighted by atomic mass is 19.4. The topological polar surface area (TPSA) is 66.1 Å². The van der Waals surface area contributed by atoms with Crippen LogP contribution in [0.25, 0.3) is 0 Å². The Hall–Kier alpha value is -1.86. The lowest BCUT2D eigenvalue weighted by Crippen LogP contribution is -2.52. The number of β-lactam (4-membered cyclic amide) rings is 1. The first-order chi connectivity index (χ1) is 7.82. The molecule has 1 N–H and O–H groups in total. The number of nitrogens with one attached hydrogen (secondary N) is 1. The van der Waals surface area contributed by atoms with E-state index in [4.69, 9.17) is 0 Å². The summed E-state index contributed by atoms with van der Waals surface area (Å²) >= 11 is 0. The molecule has 1 saturated heterocycles. The van der Waals surface area contributed by atoms with Crippen LogP contribution in [0.4, 0.5) is 18.9 Å². The molecule has 0 unspecified atom stereocenters. The Morgan fingerprint density at radius 1 is 1.47 bits per heavy atom. The summed E-state index contributed by atoms with van der Waals surface area (Å²) in [6.45, 7) is 1.76. The van der Waals surface area contributed by atoms with Gasteiger partial charge in [0, 0.05) is 6.54 Å². The Labute approximate surface area is 93.2 Å². The van der Waals surface area contributed by atoms with Crippen molar-refractivity contribution in [2.24, 2.45) is 5.92 Å². The zero-order valence-electron chi connectivity index (χ0n) is 8.71. The predicted octanol–water partition coefficient (Wildman–Crippen LogP) is 0.771. The van der Waals surface area contributed by atoms with Crippen LogP contribution in [0, 0.1) is 5.92 Å². The Morgan fingerprint density at radius 3 is 2.59 bits per heavy atom. The molecule has 2 heterocycles. The van der Waals surface area contributed by atoms with E-state index in [1.807, 2.05) is 0 Å². The zero-order chi connectivity index (χ0) is 12.8. The molecule has 1 fully saturated rings. The van der Waals surface area contributed by atoms with E-state index in [2.05, 4.69) is 5.10 Å². The highest BCUT2D eigenvalue weighted by molar-refractivity contribution is 6.01. The number of aromatic amines is 1. The first-order valence-electron chi connectivity index (χ1n) is 4.78. The first kappa shape index (κ1) is 11.6. The van der Waals surface area contributed by atoms with Gasteiger partial charge < -0.3 is 4.90 Å². The van der Waals surface area contributed by atoms with Crippen LogP contribution in [0.5, 0.6) is 0 Å². The molecule has 2 rings (SSSR count). The van der Waals surface area contributed by atoms with Gasteiger partial charge in [0.05, 0.1) is 17.8 Å². The van der Waals surface area contributed by atoms with Gasteiger partial charge in [-0.05, 0) is 0 Å². The van der Waals surface area contributed by atoms with Crippen LogP contribution < -0.4 is 10.5 Å².